The summed E-state index contributed by atoms with van der Waals surface area (Å²) in [6, 6.07) is 11.2. The van der Waals surface area contributed by atoms with Gasteiger partial charge in [0.15, 0.2) is 17.0 Å². The van der Waals surface area contributed by atoms with Gasteiger partial charge in [0.1, 0.15) is 0 Å². The molecule has 2 aliphatic rings. The van der Waals surface area contributed by atoms with Crippen LogP contribution in [-0.4, -0.2) is 37.6 Å². The van der Waals surface area contributed by atoms with Gasteiger partial charge in [0.2, 0.25) is 5.28 Å². The van der Waals surface area contributed by atoms with E-state index in [1.165, 1.54) is 37.7 Å². The fraction of sp³-hybridized carbons (Fsp3) is 0.476. The predicted molar refractivity (Wildman–Crippen MR) is 111 cm³/mol. The van der Waals surface area contributed by atoms with Crippen molar-refractivity contribution >= 4 is 28.6 Å². The van der Waals surface area contributed by atoms with Crippen molar-refractivity contribution in [1.29, 1.82) is 0 Å². The average molecular weight is 397 g/mol. The van der Waals surface area contributed by atoms with Crippen molar-refractivity contribution in [3.63, 3.8) is 0 Å². The van der Waals surface area contributed by atoms with Crippen molar-refractivity contribution in [2.24, 2.45) is 5.92 Å². The highest BCUT2D eigenvalue weighted by Gasteiger charge is 2.25. The van der Waals surface area contributed by atoms with Crippen molar-refractivity contribution in [3.8, 4) is 0 Å². The van der Waals surface area contributed by atoms with Gasteiger partial charge >= 0.3 is 0 Å². The molecule has 1 aliphatic heterocycles. The van der Waals surface area contributed by atoms with Crippen molar-refractivity contribution < 1.29 is 0 Å². The number of nitrogens with zero attached hydrogens (tertiary/aromatic N) is 5. The second kappa shape index (κ2) is 7.68. The molecule has 0 bridgehead atoms. The van der Waals surface area contributed by atoms with Gasteiger partial charge in [-0.05, 0) is 48.8 Å². The minimum absolute atomic E-state index is 0.273. The smallest absolute Gasteiger partial charge is 0.226 e. The predicted octanol–water partition coefficient (Wildman–Crippen LogP) is 4.49. The van der Waals surface area contributed by atoms with E-state index >= 15 is 0 Å². The monoisotopic (exact) mass is 396 g/mol. The second-order valence-electron chi connectivity index (χ2n) is 8.01. The molecule has 3 aromatic rings. The van der Waals surface area contributed by atoms with Crippen LogP contribution in [0.2, 0.25) is 5.28 Å². The van der Waals surface area contributed by atoms with Gasteiger partial charge in [0.05, 0.1) is 6.33 Å². The van der Waals surface area contributed by atoms with E-state index in [0.717, 1.165) is 30.7 Å². The molecule has 1 saturated heterocycles. The number of aromatic nitrogens is 4. The maximum atomic E-state index is 6.26. The Morgan fingerprint density at radius 2 is 1.89 bits per heavy atom. The molecule has 0 unspecified atom stereocenters. The molecule has 7 heteroatoms. The molecule has 2 fully saturated rings. The first-order valence-electron chi connectivity index (χ1n) is 10.2. The molecule has 0 amide bonds. The molecule has 1 aliphatic carbocycles. The molecule has 0 spiro atoms. The molecule has 1 aromatic carbocycles. The summed E-state index contributed by atoms with van der Waals surface area (Å²) < 4.78 is 2.18. The number of halogens is 1. The van der Waals surface area contributed by atoms with Crippen LogP contribution in [0.1, 0.15) is 43.7 Å². The Bertz CT molecular complexity index is 950. The normalized spacial score (nSPS) is 21.0. The summed E-state index contributed by atoms with van der Waals surface area (Å²) in [4.78, 5) is 13.5. The Morgan fingerprint density at radius 1 is 1.07 bits per heavy atom. The van der Waals surface area contributed by atoms with Crippen LogP contribution < -0.4 is 5.43 Å². The van der Waals surface area contributed by atoms with Gasteiger partial charge in [-0.25, -0.2) is 9.99 Å². The maximum absolute atomic E-state index is 6.26. The van der Waals surface area contributed by atoms with Crippen molar-refractivity contribution in [2.45, 2.75) is 44.6 Å². The van der Waals surface area contributed by atoms with Gasteiger partial charge < -0.3 is 9.99 Å². The first kappa shape index (κ1) is 17.9. The average Bonchev–Trinajstić information content (AvgIpc) is 3.43. The van der Waals surface area contributed by atoms with E-state index in [1.54, 1.807) is 0 Å². The van der Waals surface area contributed by atoms with Crippen LogP contribution in [0.5, 0.6) is 0 Å². The molecule has 1 saturated carbocycles. The lowest BCUT2D eigenvalue weighted by atomic mass is 9.99. The summed E-state index contributed by atoms with van der Waals surface area (Å²) in [5.74, 6) is 1.35. The van der Waals surface area contributed by atoms with Gasteiger partial charge in [-0.3, -0.25) is 0 Å². The lowest BCUT2D eigenvalue weighted by molar-refractivity contribution is 0.386. The Kier molecular flexibility index (Phi) is 4.91. The molecule has 1 N–H and O–H groups in total. The molecule has 3 heterocycles. The number of hydrogen-bond acceptors (Lipinski definition) is 5. The van der Waals surface area contributed by atoms with Gasteiger partial charge in [0, 0.05) is 19.1 Å². The molecule has 5 rings (SSSR count). The van der Waals surface area contributed by atoms with E-state index in [-0.39, 0.29) is 5.28 Å². The van der Waals surface area contributed by atoms with E-state index in [4.69, 9.17) is 11.6 Å². The van der Waals surface area contributed by atoms with Crippen LogP contribution in [0.25, 0.3) is 11.2 Å². The summed E-state index contributed by atoms with van der Waals surface area (Å²) >= 11 is 6.26. The number of nitrogens with one attached hydrogen (secondary N) is 1. The van der Waals surface area contributed by atoms with Crippen LogP contribution in [0.3, 0.4) is 0 Å². The molecule has 146 valence electrons. The summed E-state index contributed by atoms with van der Waals surface area (Å²) in [5, 5.41) is 2.51. The highest BCUT2D eigenvalue weighted by Crippen LogP contribution is 2.33. The number of benzene rings is 1. The SMILES string of the molecule is Clc1nc(NN2CC[C@@H](Cc3ccccc3)C2)c2ncn(C3CCCC3)c2n1. The molecular formula is C21H25ClN6. The summed E-state index contributed by atoms with van der Waals surface area (Å²) in [7, 11) is 0. The zero-order valence-corrected chi connectivity index (χ0v) is 16.6. The van der Waals surface area contributed by atoms with Crippen molar-refractivity contribution in [1.82, 2.24) is 24.5 Å². The van der Waals surface area contributed by atoms with Crippen LogP contribution in [0.15, 0.2) is 36.7 Å². The van der Waals surface area contributed by atoms with Crippen LogP contribution >= 0.6 is 11.6 Å². The zero-order valence-electron chi connectivity index (χ0n) is 15.9. The summed E-state index contributed by atoms with van der Waals surface area (Å²) in [5.41, 5.74) is 6.52. The standard InChI is InChI=1S/C21H25ClN6/c22-21-24-19(18-20(25-21)28(14-23-18)17-8-4-5-9-17)26-27-11-10-16(13-27)12-15-6-2-1-3-7-15/h1-3,6-7,14,16-17H,4-5,8-13H2,(H,24,25,26)/t16-/m0/s1. The lowest BCUT2D eigenvalue weighted by Crippen LogP contribution is -2.28. The lowest BCUT2D eigenvalue weighted by Gasteiger charge is -2.19. The number of imidazole rings is 1. The van der Waals surface area contributed by atoms with E-state index in [1.807, 2.05) is 6.33 Å². The third-order valence-electron chi connectivity index (χ3n) is 6.03. The first-order chi connectivity index (χ1) is 13.8. The van der Waals surface area contributed by atoms with E-state index in [2.05, 4.69) is 60.3 Å². The van der Waals surface area contributed by atoms with E-state index in [9.17, 15) is 0 Å². The van der Waals surface area contributed by atoms with Crippen molar-refractivity contribution in [2.75, 3.05) is 18.5 Å². The Labute approximate surface area is 169 Å². The summed E-state index contributed by atoms with van der Waals surface area (Å²) in [6.07, 6.45) is 9.08. The quantitative estimate of drug-likeness (QED) is 0.644. The molecular weight excluding hydrogens is 372 g/mol. The first-order valence-corrected chi connectivity index (χ1v) is 10.6. The second-order valence-corrected chi connectivity index (χ2v) is 8.34. The zero-order chi connectivity index (χ0) is 18.9. The van der Waals surface area contributed by atoms with Crippen molar-refractivity contribution in [3.05, 3.63) is 47.5 Å². The number of fused-ring (bicyclic) bond motifs is 1. The fourth-order valence-corrected chi connectivity index (χ4v) is 4.78. The largest absolute Gasteiger partial charge is 0.312 e. The van der Waals surface area contributed by atoms with Gasteiger partial charge in [-0.1, -0.05) is 43.2 Å². The topological polar surface area (TPSA) is 58.9 Å². The maximum Gasteiger partial charge on any atom is 0.226 e. The third-order valence-corrected chi connectivity index (χ3v) is 6.20. The number of anilines is 1. The van der Waals surface area contributed by atoms with Crippen LogP contribution in [0, 0.1) is 5.92 Å². The highest BCUT2D eigenvalue weighted by molar-refractivity contribution is 6.28. The fourth-order valence-electron chi connectivity index (χ4n) is 4.62. The van der Waals surface area contributed by atoms with Crippen LogP contribution in [0.4, 0.5) is 5.82 Å². The Morgan fingerprint density at radius 3 is 2.71 bits per heavy atom. The van der Waals surface area contributed by atoms with Gasteiger partial charge in [-0.15, -0.1) is 0 Å². The van der Waals surface area contributed by atoms with Gasteiger partial charge in [-0.2, -0.15) is 9.97 Å². The number of rotatable bonds is 5. The molecule has 1 atom stereocenters. The van der Waals surface area contributed by atoms with E-state index < -0.39 is 0 Å². The van der Waals surface area contributed by atoms with Crippen LogP contribution in [-0.2, 0) is 6.42 Å². The Hall–Kier alpha value is -2.18. The Balaban J connectivity index is 1.33. The summed E-state index contributed by atoms with van der Waals surface area (Å²) in [6.45, 7) is 1.98. The molecule has 6 nitrogen and oxygen atoms in total. The minimum atomic E-state index is 0.273. The molecule has 2 aromatic heterocycles. The number of hydrogen-bond donors (Lipinski definition) is 1. The van der Waals surface area contributed by atoms with E-state index in [0.29, 0.717) is 17.8 Å². The highest BCUT2D eigenvalue weighted by atomic mass is 35.5. The third kappa shape index (κ3) is 3.59. The minimum Gasteiger partial charge on any atom is -0.312 e. The molecule has 0 radical (unpaired) electrons. The number of hydrazine groups is 1. The van der Waals surface area contributed by atoms with Gasteiger partial charge in [0.25, 0.3) is 0 Å². The molecule has 28 heavy (non-hydrogen) atoms.